The Balaban J connectivity index is 1.84. The number of rotatable bonds is 3. The lowest BCUT2D eigenvalue weighted by molar-refractivity contribution is -0.178. The summed E-state index contributed by atoms with van der Waals surface area (Å²) in [6.45, 7) is 0. The van der Waals surface area contributed by atoms with Crippen LogP contribution in [0.2, 0.25) is 10.0 Å². The van der Waals surface area contributed by atoms with Crippen molar-refractivity contribution in [3.63, 3.8) is 0 Å². The Labute approximate surface area is 119 Å². The second-order valence-electron chi connectivity index (χ2n) is 5.74. The minimum Gasteiger partial charge on any atom is -0.480 e. The van der Waals surface area contributed by atoms with Crippen molar-refractivity contribution in [3.05, 3.63) is 33.6 Å². The average Bonchev–Trinajstić information content (AvgIpc) is 2.21. The molecule has 6 heteroatoms. The molecule has 0 aliphatic heterocycles. The van der Waals surface area contributed by atoms with Gasteiger partial charge in [-0.1, -0.05) is 23.2 Å². The van der Waals surface area contributed by atoms with Gasteiger partial charge < -0.3 is 10.8 Å². The van der Waals surface area contributed by atoms with Crippen molar-refractivity contribution in [2.75, 3.05) is 0 Å². The monoisotopic (exact) mass is 303 g/mol. The van der Waals surface area contributed by atoms with Gasteiger partial charge >= 0.3 is 5.97 Å². The van der Waals surface area contributed by atoms with Gasteiger partial charge in [0.25, 0.3) is 0 Å². The van der Waals surface area contributed by atoms with E-state index < -0.39 is 17.8 Å². The molecule has 0 aromatic heterocycles. The van der Waals surface area contributed by atoms with Gasteiger partial charge in [0.15, 0.2) is 5.82 Å². The van der Waals surface area contributed by atoms with E-state index in [9.17, 15) is 9.18 Å². The normalized spacial score (nSPS) is 33.3. The predicted octanol–water partition coefficient (Wildman–Crippen LogP) is 2.97. The molecular weight excluding hydrogens is 292 g/mol. The van der Waals surface area contributed by atoms with Crippen LogP contribution in [0.4, 0.5) is 4.39 Å². The van der Waals surface area contributed by atoms with Gasteiger partial charge in [0.05, 0.1) is 10.0 Å². The maximum absolute atomic E-state index is 13.4. The lowest BCUT2D eigenvalue weighted by Crippen LogP contribution is -2.72. The molecule has 102 valence electrons. The van der Waals surface area contributed by atoms with Crippen molar-refractivity contribution >= 4 is 29.2 Å². The van der Waals surface area contributed by atoms with E-state index in [-0.39, 0.29) is 20.9 Å². The van der Waals surface area contributed by atoms with Crippen LogP contribution in [0, 0.1) is 11.2 Å². The third-order valence-electron chi connectivity index (χ3n) is 4.59. The summed E-state index contributed by atoms with van der Waals surface area (Å²) in [4.78, 5) is 10.9. The first kappa shape index (κ1) is 13.2. The zero-order chi connectivity index (χ0) is 14.0. The summed E-state index contributed by atoms with van der Waals surface area (Å²) in [5, 5.41) is 8.98. The van der Waals surface area contributed by atoms with Crippen molar-refractivity contribution in [3.8, 4) is 0 Å². The minimum absolute atomic E-state index is 0.00353. The van der Waals surface area contributed by atoms with Crippen LogP contribution >= 0.6 is 23.2 Å². The van der Waals surface area contributed by atoms with Gasteiger partial charge in [-0.3, -0.25) is 4.79 Å². The first-order valence-corrected chi connectivity index (χ1v) is 6.69. The first-order valence-electron chi connectivity index (χ1n) is 5.93. The third-order valence-corrected chi connectivity index (χ3v) is 5.14. The Morgan fingerprint density at radius 3 is 2.21 bits per heavy atom. The number of carboxylic acids is 1. The lowest BCUT2D eigenvalue weighted by atomic mass is 9.31. The second kappa shape index (κ2) is 3.84. The smallest absolute Gasteiger partial charge is 0.321 e. The van der Waals surface area contributed by atoms with Crippen molar-refractivity contribution in [2.24, 2.45) is 11.1 Å². The number of hydrogen-bond acceptors (Lipinski definition) is 2. The van der Waals surface area contributed by atoms with Crippen molar-refractivity contribution in [1.82, 2.24) is 0 Å². The highest BCUT2D eigenvalue weighted by Gasteiger charge is 2.71. The van der Waals surface area contributed by atoms with E-state index in [0.29, 0.717) is 19.3 Å². The maximum atomic E-state index is 13.4. The molecule has 3 nitrogen and oxygen atoms in total. The topological polar surface area (TPSA) is 63.3 Å². The molecule has 1 aromatic carbocycles. The van der Waals surface area contributed by atoms with Gasteiger partial charge in [-0.15, -0.1) is 0 Å². The van der Waals surface area contributed by atoms with Crippen molar-refractivity contribution in [2.45, 2.75) is 30.7 Å². The summed E-state index contributed by atoms with van der Waals surface area (Å²) in [6.07, 6.45) is 2.10. The molecule has 0 radical (unpaired) electrons. The highest BCUT2D eigenvalue weighted by molar-refractivity contribution is 6.35. The van der Waals surface area contributed by atoms with Crippen LogP contribution < -0.4 is 5.73 Å². The van der Waals surface area contributed by atoms with Crippen molar-refractivity contribution in [1.29, 1.82) is 0 Å². The summed E-state index contributed by atoms with van der Waals surface area (Å²) in [6, 6.07) is 2.33. The zero-order valence-corrected chi connectivity index (χ0v) is 11.4. The van der Waals surface area contributed by atoms with Crippen LogP contribution in [-0.4, -0.2) is 17.1 Å². The fourth-order valence-corrected chi connectivity index (χ4v) is 4.11. The Morgan fingerprint density at radius 2 is 1.79 bits per heavy atom. The summed E-state index contributed by atoms with van der Waals surface area (Å²) >= 11 is 11.6. The standard InChI is InChI=1S/C13H12Cl2FNO2/c14-7-1-6(2-8(15)9(7)16)12-3-13(4-12,5-12)10(17)11(18)19/h1-2,10H,3-5,17H2,(H,18,19). The van der Waals surface area contributed by atoms with Gasteiger partial charge in [0, 0.05) is 0 Å². The number of halogens is 3. The molecule has 1 aromatic rings. The Bertz CT molecular complexity index is 547. The molecule has 4 rings (SSSR count). The van der Waals surface area contributed by atoms with E-state index in [1.165, 1.54) is 0 Å². The summed E-state index contributed by atoms with van der Waals surface area (Å²) in [7, 11) is 0. The molecule has 0 amide bonds. The Kier molecular flexibility index (Phi) is 2.66. The van der Waals surface area contributed by atoms with E-state index >= 15 is 0 Å². The highest BCUT2D eigenvalue weighted by atomic mass is 35.5. The third kappa shape index (κ3) is 1.63. The van der Waals surface area contributed by atoms with E-state index in [4.69, 9.17) is 34.0 Å². The van der Waals surface area contributed by atoms with Crippen LogP contribution in [0.3, 0.4) is 0 Å². The van der Waals surface area contributed by atoms with Gasteiger partial charge in [-0.25, -0.2) is 4.39 Å². The van der Waals surface area contributed by atoms with Gasteiger partial charge in [0.2, 0.25) is 0 Å². The van der Waals surface area contributed by atoms with Crippen LogP contribution in [0.25, 0.3) is 0 Å². The molecule has 3 N–H and O–H groups in total. The number of benzene rings is 1. The fraction of sp³-hybridized carbons (Fsp3) is 0.462. The summed E-state index contributed by atoms with van der Waals surface area (Å²) in [5.74, 6) is -1.58. The van der Waals surface area contributed by atoms with Crippen LogP contribution in [0.5, 0.6) is 0 Å². The minimum atomic E-state index is -0.969. The Morgan fingerprint density at radius 1 is 1.32 bits per heavy atom. The number of aliphatic carboxylic acids is 1. The van der Waals surface area contributed by atoms with E-state index in [0.717, 1.165) is 5.56 Å². The van der Waals surface area contributed by atoms with Gasteiger partial charge in [-0.05, 0) is 47.8 Å². The van der Waals surface area contributed by atoms with Crippen LogP contribution in [0.1, 0.15) is 24.8 Å². The summed E-state index contributed by atoms with van der Waals surface area (Å²) < 4.78 is 13.4. The zero-order valence-electron chi connectivity index (χ0n) is 9.92. The molecular formula is C13H12Cl2FNO2. The van der Waals surface area contributed by atoms with Crippen molar-refractivity contribution < 1.29 is 14.3 Å². The van der Waals surface area contributed by atoms with Crippen LogP contribution in [-0.2, 0) is 10.2 Å². The highest BCUT2D eigenvalue weighted by Crippen LogP contribution is 2.74. The van der Waals surface area contributed by atoms with Crippen LogP contribution in [0.15, 0.2) is 12.1 Å². The van der Waals surface area contributed by atoms with Gasteiger partial charge in [0.1, 0.15) is 6.04 Å². The maximum Gasteiger partial charge on any atom is 0.321 e. The number of carbonyl (C=O) groups is 1. The number of hydrogen-bond donors (Lipinski definition) is 2. The van der Waals surface area contributed by atoms with E-state index in [2.05, 4.69) is 0 Å². The predicted molar refractivity (Wildman–Crippen MR) is 70.0 cm³/mol. The molecule has 3 aliphatic carbocycles. The first-order chi connectivity index (χ1) is 8.80. The molecule has 0 saturated heterocycles. The molecule has 3 aliphatic rings. The molecule has 2 bridgehead atoms. The molecule has 1 unspecified atom stereocenters. The van der Waals surface area contributed by atoms with E-state index in [1.54, 1.807) is 12.1 Å². The van der Waals surface area contributed by atoms with Gasteiger partial charge in [-0.2, -0.15) is 0 Å². The van der Waals surface area contributed by atoms with E-state index in [1.807, 2.05) is 0 Å². The second-order valence-corrected chi connectivity index (χ2v) is 6.56. The molecule has 3 saturated carbocycles. The number of carboxylic acid groups (broad SMARTS) is 1. The molecule has 19 heavy (non-hydrogen) atoms. The molecule has 3 fully saturated rings. The average molecular weight is 304 g/mol. The lowest BCUT2D eigenvalue weighted by Gasteiger charge is -2.72. The fourth-order valence-electron chi connectivity index (χ4n) is 3.63. The SMILES string of the molecule is NC(C(=O)O)C12CC(c3cc(Cl)c(F)c(Cl)c3)(C1)C2. The Hall–Kier alpha value is -0.840. The number of nitrogens with two attached hydrogens (primary N) is 1. The quantitative estimate of drug-likeness (QED) is 0.844. The molecule has 0 heterocycles. The molecule has 0 spiro atoms. The molecule has 1 atom stereocenters. The summed E-state index contributed by atoms with van der Waals surface area (Å²) in [5.41, 5.74) is 6.16. The largest absolute Gasteiger partial charge is 0.480 e.